The standard InChI is InChI=1S/C23H29ClN2O4S/c1-14-13-16(9-10-18(14)24)30-15(2)21(27)26-23-20(22(28)25-11-6-12-29-3)17-7-4-5-8-19(17)31-23/h9-10,13,15H,4-8,11-12H2,1-3H3,(H,25,28)(H,26,27). The summed E-state index contributed by atoms with van der Waals surface area (Å²) < 4.78 is 10.8. The van der Waals surface area contributed by atoms with E-state index in [-0.39, 0.29) is 11.8 Å². The monoisotopic (exact) mass is 464 g/mol. The second-order valence-electron chi connectivity index (χ2n) is 7.68. The van der Waals surface area contributed by atoms with Crippen LogP contribution in [0.1, 0.15) is 52.5 Å². The predicted molar refractivity (Wildman–Crippen MR) is 125 cm³/mol. The molecular weight excluding hydrogens is 436 g/mol. The van der Waals surface area contributed by atoms with Gasteiger partial charge in [0, 0.05) is 30.2 Å². The van der Waals surface area contributed by atoms with Crippen molar-refractivity contribution in [2.75, 3.05) is 25.6 Å². The molecule has 0 saturated heterocycles. The summed E-state index contributed by atoms with van der Waals surface area (Å²) in [5.41, 5.74) is 2.54. The van der Waals surface area contributed by atoms with E-state index in [0.29, 0.717) is 34.5 Å². The molecule has 168 valence electrons. The van der Waals surface area contributed by atoms with Crippen LogP contribution in [0.2, 0.25) is 5.02 Å². The first kappa shape index (κ1) is 23.6. The van der Waals surface area contributed by atoms with E-state index < -0.39 is 6.10 Å². The van der Waals surface area contributed by atoms with Gasteiger partial charge in [-0.05, 0) is 75.3 Å². The van der Waals surface area contributed by atoms with Crippen LogP contribution in [0.5, 0.6) is 5.75 Å². The summed E-state index contributed by atoms with van der Waals surface area (Å²) in [5.74, 6) is 0.137. The van der Waals surface area contributed by atoms with Gasteiger partial charge < -0.3 is 20.1 Å². The fourth-order valence-corrected chi connectivity index (χ4v) is 4.97. The molecule has 2 amide bonds. The maximum atomic E-state index is 12.9. The lowest BCUT2D eigenvalue weighted by Crippen LogP contribution is -2.31. The Bertz CT molecular complexity index is 944. The van der Waals surface area contributed by atoms with Gasteiger partial charge in [0.1, 0.15) is 10.8 Å². The largest absolute Gasteiger partial charge is 0.481 e. The van der Waals surface area contributed by atoms with Gasteiger partial charge in [-0.1, -0.05) is 11.6 Å². The highest BCUT2D eigenvalue weighted by Gasteiger charge is 2.27. The van der Waals surface area contributed by atoms with Gasteiger partial charge in [0.15, 0.2) is 6.10 Å². The van der Waals surface area contributed by atoms with Crippen molar-refractivity contribution in [3.63, 3.8) is 0 Å². The second-order valence-corrected chi connectivity index (χ2v) is 9.19. The topological polar surface area (TPSA) is 76.7 Å². The van der Waals surface area contributed by atoms with Gasteiger partial charge in [-0.25, -0.2) is 0 Å². The SMILES string of the molecule is COCCCNC(=O)c1c(NC(=O)C(C)Oc2ccc(Cl)c(C)c2)sc2c1CCCC2. The molecule has 31 heavy (non-hydrogen) atoms. The number of carbonyl (C=O) groups is 2. The predicted octanol–water partition coefficient (Wildman–Crippen LogP) is 4.76. The number of aryl methyl sites for hydroxylation is 2. The summed E-state index contributed by atoms with van der Waals surface area (Å²) in [7, 11) is 1.64. The molecule has 1 heterocycles. The number of benzene rings is 1. The molecule has 1 unspecified atom stereocenters. The number of hydrogen-bond acceptors (Lipinski definition) is 5. The van der Waals surface area contributed by atoms with Gasteiger partial charge >= 0.3 is 0 Å². The summed E-state index contributed by atoms with van der Waals surface area (Å²) in [6.07, 6.45) is 3.97. The smallest absolute Gasteiger partial charge is 0.265 e. The van der Waals surface area contributed by atoms with E-state index in [9.17, 15) is 9.59 Å². The maximum absolute atomic E-state index is 12.9. The molecule has 0 spiro atoms. The molecule has 1 aliphatic carbocycles. The van der Waals surface area contributed by atoms with Crippen molar-refractivity contribution in [3.05, 3.63) is 44.8 Å². The molecule has 1 atom stereocenters. The first-order valence-corrected chi connectivity index (χ1v) is 11.8. The van der Waals surface area contributed by atoms with E-state index in [1.165, 1.54) is 16.2 Å². The Labute approximate surface area is 192 Å². The summed E-state index contributed by atoms with van der Waals surface area (Å²) in [6.45, 7) is 4.69. The molecule has 0 aliphatic heterocycles. The third-order valence-electron chi connectivity index (χ3n) is 5.26. The molecule has 6 nitrogen and oxygen atoms in total. The lowest BCUT2D eigenvalue weighted by atomic mass is 9.95. The van der Waals surface area contributed by atoms with E-state index in [4.69, 9.17) is 21.1 Å². The molecule has 2 N–H and O–H groups in total. The number of amides is 2. The Hall–Kier alpha value is -2.09. The molecule has 0 bridgehead atoms. The van der Waals surface area contributed by atoms with E-state index in [2.05, 4.69) is 10.6 Å². The number of rotatable bonds is 9. The van der Waals surface area contributed by atoms with Crippen molar-refractivity contribution in [2.24, 2.45) is 0 Å². The number of carbonyl (C=O) groups excluding carboxylic acids is 2. The van der Waals surface area contributed by atoms with Gasteiger partial charge in [0.2, 0.25) is 0 Å². The lowest BCUT2D eigenvalue weighted by Gasteiger charge is -2.16. The van der Waals surface area contributed by atoms with Crippen LogP contribution < -0.4 is 15.4 Å². The highest BCUT2D eigenvalue weighted by atomic mass is 35.5. The molecule has 0 fully saturated rings. The van der Waals surface area contributed by atoms with Crippen LogP contribution in [0.4, 0.5) is 5.00 Å². The third kappa shape index (κ3) is 5.99. The number of ether oxygens (including phenoxy) is 2. The number of fused-ring (bicyclic) bond motifs is 1. The third-order valence-corrected chi connectivity index (χ3v) is 6.89. The fraction of sp³-hybridized carbons (Fsp3) is 0.478. The average Bonchev–Trinajstić information content (AvgIpc) is 3.11. The van der Waals surface area contributed by atoms with Gasteiger partial charge in [0.25, 0.3) is 11.8 Å². The van der Waals surface area contributed by atoms with Crippen molar-refractivity contribution in [2.45, 2.75) is 52.1 Å². The van der Waals surface area contributed by atoms with Crippen LogP contribution >= 0.6 is 22.9 Å². The number of methoxy groups -OCH3 is 1. The van der Waals surface area contributed by atoms with Crippen LogP contribution in [0.25, 0.3) is 0 Å². The first-order valence-electron chi connectivity index (χ1n) is 10.6. The lowest BCUT2D eigenvalue weighted by molar-refractivity contribution is -0.122. The molecule has 1 aromatic heterocycles. The zero-order valence-corrected chi connectivity index (χ0v) is 19.8. The Kier molecular flexibility index (Phi) is 8.35. The molecule has 2 aromatic rings. The van der Waals surface area contributed by atoms with Crippen LogP contribution in [0, 0.1) is 6.92 Å². The minimum atomic E-state index is -0.725. The number of anilines is 1. The van der Waals surface area contributed by atoms with Crippen LogP contribution in [0.3, 0.4) is 0 Å². The molecule has 1 aliphatic rings. The van der Waals surface area contributed by atoms with Crippen LogP contribution in [0.15, 0.2) is 18.2 Å². The highest BCUT2D eigenvalue weighted by Crippen LogP contribution is 2.38. The zero-order chi connectivity index (χ0) is 22.4. The minimum Gasteiger partial charge on any atom is -0.481 e. The number of thiophene rings is 1. The van der Waals surface area contributed by atoms with Crippen molar-refractivity contribution in [3.8, 4) is 5.75 Å². The second kappa shape index (κ2) is 11.0. The number of nitrogens with one attached hydrogen (secondary N) is 2. The molecule has 8 heteroatoms. The Morgan fingerprint density at radius 3 is 2.77 bits per heavy atom. The minimum absolute atomic E-state index is 0.146. The van der Waals surface area contributed by atoms with Gasteiger partial charge in [-0.15, -0.1) is 11.3 Å². The zero-order valence-electron chi connectivity index (χ0n) is 18.2. The van der Waals surface area contributed by atoms with Crippen molar-refractivity contribution >= 4 is 39.8 Å². The summed E-state index contributed by atoms with van der Waals surface area (Å²) >= 11 is 7.56. The highest BCUT2D eigenvalue weighted by molar-refractivity contribution is 7.17. The van der Waals surface area contributed by atoms with Gasteiger partial charge in [-0.2, -0.15) is 0 Å². The summed E-state index contributed by atoms with van der Waals surface area (Å²) in [4.78, 5) is 27.0. The Balaban J connectivity index is 1.73. The van der Waals surface area contributed by atoms with Crippen LogP contribution in [-0.4, -0.2) is 38.2 Å². The van der Waals surface area contributed by atoms with E-state index >= 15 is 0 Å². The van der Waals surface area contributed by atoms with E-state index in [1.54, 1.807) is 32.2 Å². The fourth-order valence-electron chi connectivity index (χ4n) is 3.56. The number of hydrogen-bond donors (Lipinski definition) is 2. The number of halogens is 1. The summed E-state index contributed by atoms with van der Waals surface area (Å²) in [6, 6.07) is 5.28. The van der Waals surface area contributed by atoms with Gasteiger partial charge in [-0.3, -0.25) is 9.59 Å². The van der Waals surface area contributed by atoms with E-state index in [1.807, 2.05) is 6.92 Å². The first-order chi connectivity index (χ1) is 14.9. The molecule has 0 saturated carbocycles. The van der Waals surface area contributed by atoms with Crippen molar-refractivity contribution < 1.29 is 19.1 Å². The van der Waals surface area contributed by atoms with Crippen LogP contribution in [-0.2, 0) is 22.4 Å². The Morgan fingerprint density at radius 1 is 1.26 bits per heavy atom. The van der Waals surface area contributed by atoms with E-state index in [0.717, 1.165) is 43.2 Å². The summed E-state index contributed by atoms with van der Waals surface area (Å²) in [5, 5.41) is 7.14. The maximum Gasteiger partial charge on any atom is 0.265 e. The molecule has 0 radical (unpaired) electrons. The van der Waals surface area contributed by atoms with Crippen molar-refractivity contribution in [1.82, 2.24) is 5.32 Å². The average molecular weight is 465 g/mol. The quantitative estimate of drug-likeness (QED) is 0.524. The van der Waals surface area contributed by atoms with Crippen molar-refractivity contribution in [1.29, 1.82) is 0 Å². The molecule has 1 aromatic carbocycles. The molecule has 3 rings (SSSR count). The normalized spacial score (nSPS) is 13.9. The van der Waals surface area contributed by atoms with Gasteiger partial charge in [0.05, 0.1) is 5.56 Å². The molecular formula is C23H29ClN2O4S. The Morgan fingerprint density at radius 2 is 2.03 bits per heavy atom.